The van der Waals surface area contributed by atoms with Crippen molar-refractivity contribution in [2.75, 3.05) is 4.90 Å². The number of nitrogens with zero attached hydrogens (tertiary/aromatic N) is 1. The molecule has 3 aliphatic carbocycles. The molecule has 0 saturated carbocycles. The topological polar surface area (TPSA) is 37.4 Å². The van der Waals surface area contributed by atoms with Crippen molar-refractivity contribution in [3.8, 4) is 0 Å². The van der Waals surface area contributed by atoms with Gasteiger partial charge in [-0.1, -0.05) is 101 Å². The van der Waals surface area contributed by atoms with Crippen LogP contribution in [0.2, 0.25) is 10.0 Å². The predicted octanol–water partition coefficient (Wildman–Crippen LogP) is 7.99. The predicted molar refractivity (Wildman–Crippen MR) is 150 cm³/mol. The van der Waals surface area contributed by atoms with Gasteiger partial charge < -0.3 is 0 Å². The summed E-state index contributed by atoms with van der Waals surface area (Å²) < 4.78 is 0. The van der Waals surface area contributed by atoms with Gasteiger partial charge in [0.2, 0.25) is 11.8 Å². The third-order valence-corrected chi connectivity index (χ3v) is 9.26. The van der Waals surface area contributed by atoms with E-state index in [4.69, 9.17) is 23.2 Å². The fourth-order valence-corrected chi connectivity index (χ4v) is 6.88. The lowest BCUT2D eigenvalue weighted by molar-refractivity contribution is -0.122. The molecular formula is C32H31Cl2NO2. The lowest BCUT2D eigenvalue weighted by atomic mass is 9.54. The monoisotopic (exact) mass is 531 g/mol. The van der Waals surface area contributed by atoms with Crippen LogP contribution in [-0.4, -0.2) is 11.8 Å². The van der Waals surface area contributed by atoms with Crippen molar-refractivity contribution in [2.24, 2.45) is 11.8 Å². The molecule has 37 heavy (non-hydrogen) atoms. The van der Waals surface area contributed by atoms with Crippen molar-refractivity contribution >= 4 is 40.7 Å². The van der Waals surface area contributed by atoms with E-state index in [0.29, 0.717) is 15.7 Å². The van der Waals surface area contributed by atoms with Gasteiger partial charge in [0.25, 0.3) is 0 Å². The average Bonchev–Trinajstić information content (AvgIpc) is 3.09. The van der Waals surface area contributed by atoms with E-state index >= 15 is 0 Å². The Morgan fingerprint density at radius 1 is 0.595 bits per heavy atom. The summed E-state index contributed by atoms with van der Waals surface area (Å²) >= 11 is 12.4. The minimum absolute atomic E-state index is 0.0222. The summed E-state index contributed by atoms with van der Waals surface area (Å²) in [5, 5.41) is 0.722. The maximum absolute atomic E-state index is 14.1. The van der Waals surface area contributed by atoms with Crippen molar-refractivity contribution in [2.45, 2.75) is 64.2 Å². The summed E-state index contributed by atoms with van der Waals surface area (Å²) in [5.74, 6) is -1.52. The smallest absolute Gasteiger partial charge is 0.238 e. The highest BCUT2D eigenvalue weighted by Gasteiger charge is 2.62. The summed E-state index contributed by atoms with van der Waals surface area (Å²) in [5.41, 5.74) is 7.64. The largest absolute Gasteiger partial charge is 0.274 e. The average molecular weight is 533 g/mol. The van der Waals surface area contributed by atoms with E-state index < -0.39 is 11.8 Å². The number of carbonyl (C=O) groups excluding carboxylic acids is 2. The maximum Gasteiger partial charge on any atom is 0.238 e. The van der Waals surface area contributed by atoms with Gasteiger partial charge in [-0.2, -0.15) is 0 Å². The Hall–Kier alpha value is -2.62. The van der Waals surface area contributed by atoms with Gasteiger partial charge in [-0.05, 0) is 62.4 Å². The van der Waals surface area contributed by atoms with E-state index in [1.54, 1.807) is 18.2 Å². The molecular weight excluding hydrogens is 501 g/mol. The summed E-state index contributed by atoms with van der Waals surface area (Å²) in [4.78, 5) is 29.5. The summed E-state index contributed by atoms with van der Waals surface area (Å²) in [6.45, 7) is 13.2. The van der Waals surface area contributed by atoms with Crippen molar-refractivity contribution in [3.05, 3.63) is 98.0 Å². The van der Waals surface area contributed by atoms with Gasteiger partial charge in [0.1, 0.15) is 0 Å². The lowest BCUT2D eigenvalue weighted by Crippen LogP contribution is -2.42. The van der Waals surface area contributed by atoms with Gasteiger partial charge in [0.05, 0.1) is 27.6 Å². The van der Waals surface area contributed by atoms with E-state index in [0.717, 1.165) is 0 Å². The highest BCUT2D eigenvalue weighted by Crippen LogP contribution is 2.62. The minimum atomic E-state index is -0.442. The molecule has 3 aromatic rings. The van der Waals surface area contributed by atoms with E-state index in [-0.39, 0.29) is 34.5 Å². The standard InChI is InChI=1S/C32H31Cl2NO2/c1-31(2,3)16-7-10-19-21(13-16)25-20-11-8-17(32(4,5)6)14-22(20)26(19)28-27(25)29(36)35(30(28)37)18-9-12-23(33)24(34)15-18/h7-15,25-28H,1-6H3. The van der Waals surface area contributed by atoms with Crippen LogP contribution in [0.4, 0.5) is 5.69 Å². The molecule has 7 rings (SSSR count). The maximum atomic E-state index is 14.1. The highest BCUT2D eigenvalue weighted by molar-refractivity contribution is 6.42. The van der Waals surface area contributed by atoms with Crippen LogP contribution in [0.25, 0.3) is 0 Å². The Labute approximate surface area is 228 Å². The molecule has 0 radical (unpaired) electrons. The number of amides is 2. The summed E-state index contributed by atoms with van der Waals surface area (Å²) in [6.07, 6.45) is 0. The van der Waals surface area contributed by atoms with Gasteiger partial charge in [-0.3, -0.25) is 9.59 Å². The number of rotatable bonds is 1. The molecule has 4 unspecified atom stereocenters. The Bertz CT molecular complexity index is 1410. The summed E-state index contributed by atoms with van der Waals surface area (Å²) in [7, 11) is 0. The normalized spacial score (nSPS) is 24.3. The molecule has 1 heterocycles. The highest BCUT2D eigenvalue weighted by atomic mass is 35.5. The molecule has 190 valence electrons. The first kappa shape index (κ1) is 24.7. The van der Waals surface area contributed by atoms with Crippen LogP contribution in [0.1, 0.15) is 86.8 Å². The van der Waals surface area contributed by atoms with Crippen molar-refractivity contribution in [1.29, 1.82) is 0 Å². The Morgan fingerprint density at radius 2 is 1.05 bits per heavy atom. The molecule has 3 aromatic carbocycles. The lowest BCUT2D eigenvalue weighted by Gasteiger charge is -2.47. The molecule has 3 nitrogen and oxygen atoms in total. The van der Waals surface area contributed by atoms with E-state index in [1.165, 1.54) is 38.3 Å². The first-order valence-corrected chi connectivity index (χ1v) is 13.7. The SMILES string of the molecule is CC(C)(C)c1ccc2c(c1)C1c3ccc(C(C)(C)C)cc3C2C2C(=O)N(c3ccc(Cl)c(Cl)c3)C(=O)C12. The number of halogens is 2. The number of imide groups is 1. The number of anilines is 1. The van der Waals surface area contributed by atoms with Gasteiger partial charge in [-0.15, -0.1) is 0 Å². The molecule has 2 bridgehead atoms. The fourth-order valence-electron chi connectivity index (χ4n) is 6.59. The van der Waals surface area contributed by atoms with E-state index in [2.05, 4.69) is 77.9 Å². The third kappa shape index (κ3) is 3.54. The van der Waals surface area contributed by atoms with Gasteiger partial charge in [-0.25, -0.2) is 4.90 Å². The van der Waals surface area contributed by atoms with Gasteiger partial charge in [0.15, 0.2) is 0 Å². The van der Waals surface area contributed by atoms with Crippen LogP contribution in [0.15, 0.2) is 54.6 Å². The van der Waals surface area contributed by atoms with Gasteiger partial charge >= 0.3 is 0 Å². The molecule has 0 N–H and O–H groups in total. The number of benzene rings is 3. The first-order chi connectivity index (χ1) is 17.3. The number of carbonyl (C=O) groups is 2. The van der Waals surface area contributed by atoms with Crippen LogP contribution >= 0.6 is 23.2 Å². The Kier molecular flexibility index (Phi) is 5.30. The quantitative estimate of drug-likeness (QED) is 0.298. The molecule has 0 aromatic heterocycles. The van der Waals surface area contributed by atoms with E-state index in [9.17, 15) is 9.59 Å². The second-order valence-corrected chi connectivity index (χ2v) is 13.6. The second kappa shape index (κ2) is 7.94. The Balaban J connectivity index is 1.57. The Morgan fingerprint density at radius 3 is 1.46 bits per heavy atom. The molecule has 1 fully saturated rings. The van der Waals surface area contributed by atoms with Crippen LogP contribution in [0.3, 0.4) is 0 Å². The number of hydrogen-bond donors (Lipinski definition) is 0. The molecule has 4 atom stereocenters. The number of hydrogen-bond acceptors (Lipinski definition) is 2. The third-order valence-electron chi connectivity index (χ3n) is 8.52. The van der Waals surface area contributed by atoms with Crippen molar-refractivity contribution < 1.29 is 9.59 Å². The van der Waals surface area contributed by atoms with E-state index in [1.807, 2.05) is 0 Å². The van der Waals surface area contributed by atoms with Crippen molar-refractivity contribution in [1.82, 2.24) is 0 Å². The minimum Gasteiger partial charge on any atom is -0.274 e. The van der Waals surface area contributed by atoms with Crippen LogP contribution in [0.5, 0.6) is 0 Å². The van der Waals surface area contributed by atoms with Crippen LogP contribution < -0.4 is 4.90 Å². The molecule has 5 heteroatoms. The molecule has 1 aliphatic heterocycles. The fraction of sp³-hybridized carbons (Fsp3) is 0.375. The zero-order valence-corrected chi connectivity index (χ0v) is 23.5. The van der Waals surface area contributed by atoms with Gasteiger partial charge in [0, 0.05) is 11.8 Å². The van der Waals surface area contributed by atoms with Crippen molar-refractivity contribution in [3.63, 3.8) is 0 Å². The zero-order chi connectivity index (χ0) is 26.6. The molecule has 0 spiro atoms. The first-order valence-electron chi connectivity index (χ1n) is 12.9. The molecule has 1 saturated heterocycles. The van der Waals surface area contributed by atoms with Crippen LogP contribution in [0, 0.1) is 11.8 Å². The summed E-state index contributed by atoms with van der Waals surface area (Å²) in [6, 6.07) is 18.3. The molecule has 4 aliphatic rings. The zero-order valence-electron chi connectivity index (χ0n) is 22.0. The molecule has 2 amide bonds. The van der Waals surface area contributed by atoms with Crippen LogP contribution in [-0.2, 0) is 20.4 Å². The second-order valence-electron chi connectivity index (χ2n) is 12.8.